The van der Waals surface area contributed by atoms with E-state index in [-0.39, 0.29) is 12.5 Å². The molecule has 0 spiro atoms. The number of ether oxygens (including phenoxy) is 1. The van der Waals surface area contributed by atoms with Crippen molar-refractivity contribution in [2.75, 3.05) is 39.4 Å². The van der Waals surface area contributed by atoms with Crippen LogP contribution < -0.4 is 0 Å². The van der Waals surface area contributed by atoms with Gasteiger partial charge in [0.2, 0.25) is 5.91 Å². The third-order valence-corrected chi connectivity index (χ3v) is 5.37. The highest BCUT2D eigenvalue weighted by Gasteiger charge is 2.28. The number of tetrazole rings is 1. The van der Waals surface area contributed by atoms with Crippen molar-refractivity contribution in [1.82, 2.24) is 44.8 Å². The highest BCUT2D eigenvalue weighted by atomic mass is 16.5. The van der Waals surface area contributed by atoms with Crippen LogP contribution in [0.2, 0.25) is 0 Å². The third kappa shape index (κ3) is 4.14. The van der Waals surface area contributed by atoms with Gasteiger partial charge in [-0.1, -0.05) is 0 Å². The van der Waals surface area contributed by atoms with Gasteiger partial charge in [-0.2, -0.15) is 0 Å². The maximum atomic E-state index is 12.4. The molecule has 0 bridgehead atoms. The van der Waals surface area contributed by atoms with Gasteiger partial charge in [0.05, 0.1) is 19.8 Å². The van der Waals surface area contributed by atoms with Crippen LogP contribution in [0.1, 0.15) is 30.4 Å². The first-order valence-corrected chi connectivity index (χ1v) is 9.37. The fourth-order valence-corrected chi connectivity index (χ4v) is 3.71. The third-order valence-electron chi connectivity index (χ3n) is 5.37. The number of carbonyl (C=O) groups is 1. The monoisotopic (exact) mass is 375 g/mol. The number of hydrogen-bond donors (Lipinski definition) is 0. The number of morpholine rings is 1. The molecule has 2 aromatic heterocycles. The summed E-state index contributed by atoms with van der Waals surface area (Å²) in [7, 11) is 2.04. The average molecular weight is 375 g/mol. The van der Waals surface area contributed by atoms with E-state index < -0.39 is 0 Å². The Morgan fingerprint density at radius 2 is 1.96 bits per heavy atom. The first kappa shape index (κ1) is 18.0. The van der Waals surface area contributed by atoms with Crippen LogP contribution in [0, 0.1) is 0 Å². The first-order chi connectivity index (χ1) is 13.2. The first-order valence-electron chi connectivity index (χ1n) is 9.37. The van der Waals surface area contributed by atoms with Crippen LogP contribution in [0.4, 0.5) is 0 Å². The lowest BCUT2D eigenvalue weighted by atomic mass is 9.96. The van der Waals surface area contributed by atoms with Gasteiger partial charge >= 0.3 is 0 Å². The Morgan fingerprint density at radius 3 is 2.67 bits per heavy atom. The Hall–Kier alpha value is -2.40. The molecule has 27 heavy (non-hydrogen) atoms. The van der Waals surface area contributed by atoms with Crippen LogP contribution in [0.5, 0.6) is 0 Å². The zero-order valence-corrected chi connectivity index (χ0v) is 15.6. The summed E-state index contributed by atoms with van der Waals surface area (Å²) < 4.78 is 8.98. The number of rotatable bonds is 5. The molecule has 4 rings (SSSR count). The van der Waals surface area contributed by atoms with Crippen molar-refractivity contribution in [2.24, 2.45) is 7.05 Å². The molecular formula is C16H25N9O2. The molecular weight excluding hydrogens is 350 g/mol. The van der Waals surface area contributed by atoms with Crippen LogP contribution in [-0.4, -0.2) is 90.1 Å². The molecule has 0 unspecified atom stereocenters. The number of amides is 1. The summed E-state index contributed by atoms with van der Waals surface area (Å²) >= 11 is 0. The van der Waals surface area contributed by atoms with E-state index in [9.17, 15) is 4.79 Å². The van der Waals surface area contributed by atoms with E-state index in [1.54, 1.807) is 0 Å². The molecule has 2 saturated heterocycles. The lowest BCUT2D eigenvalue weighted by Crippen LogP contribution is -2.40. The van der Waals surface area contributed by atoms with E-state index in [0.717, 1.165) is 70.4 Å². The molecule has 2 aliphatic heterocycles. The smallest absolute Gasteiger partial charge is 0.244 e. The van der Waals surface area contributed by atoms with Crippen LogP contribution in [0.15, 0.2) is 6.33 Å². The lowest BCUT2D eigenvalue weighted by Gasteiger charge is -2.31. The Kier molecular flexibility index (Phi) is 5.39. The van der Waals surface area contributed by atoms with Gasteiger partial charge < -0.3 is 14.2 Å². The Morgan fingerprint density at radius 1 is 1.19 bits per heavy atom. The molecule has 146 valence electrons. The zero-order chi connectivity index (χ0) is 18.6. The highest BCUT2D eigenvalue weighted by molar-refractivity contribution is 5.75. The second-order valence-corrected chi connectivity index (χ2v) is 7.08. The quantitative estimate of drug-likeness (QED) is 0.658. The van der Waals surface area contributed by atoms with Gasteiger partial charge in [-0.15, -0.1) is 15.3 Å². The number of piperidine rings is 1. The standard InChI is InChI=1S/C16H25N9O2/c1-22-14(10-23-6-8-27-9-7-23)18-19-16(22)13-2-4-24(5-3-13)15(26)11-25-12-17-20-21-25/h12-13H,2-11H2,1H3. The number of likely N-dealkylation sites (tertiary alicyclic amines) is 1. The van der Waals surface area contributed by atoms with Crippen LogP contribution >= 0.6 is 0 Å². The molecule has 4 heterocycles. The summed E-state index contributed by atoms with van der Waals surface area (Å²) in [6.07, 6.45) is 3.25. The Balaban J connectivity index is 1.32. The predicted octanol–water partition coefficient (Wildman–Crippen LogP) is -0.960. The Labute approximate surface area is 157 Å². The minimum absolute atomic E-state index is 0.0479. The maximum absolute atomic E-state index is 12.4. The molecule has 0 atom stereocenters. The minimum Gasteiger partial charge on any atom is -0.379 e. The maximum Gasteiger partial charge on any atom is 0.244 e. The van der Waals surface area contributed by atoms with Crippen LogP contribution in [0.3, 0.4) is 0 Å². The predicted molar refractivity (Wildman–Crippen MR) is 93.5 cm³/mol. The number of aromatic nitrogens is 7. The molecule has 11 nitrogen and oxygen atoms in total. The summed E-state index contributed by atoms with van der Waals surface area (Å²) in [5.74, 6) is 2.39. The minimum atomic E-state index is 0.0479. The molecule has 0 saturated carbocycles. The largest absolute Gasteiger partial charge is 0.379 e. The number of nitrogens with zero attached hydrogens (tertiary/aromatic N) is 9. The van der Waals surface area contributed by atoms with Gasteiger partial charge in [0.1, 0.15) is 24.5 Å². The normalized spacial score (nSPS) is 19.5. The molecule has 0 aliphatic carbocycles. The second-order valence-electron chi connectivity index (χ2n) is 7.08. The zero-order valence-electron chi connectivity index (χ0n) is 15.6. The van der Waals surface area contributed by atoms with Crippen LogP contribution in [-0.2, 0) is 29.7 Å². The van der Waals surface area contributed by atoms with E-state index >= 15 is 0 Å². The topological polar surface area (TPSA) is 107 Å². The summed E-state index contributed by atoms with van der Waals surface area (Å²) in [5.41, 5.74) is 0. The average Bonchev–Trinajstić information content (AvgIpc) is 3.33. The molecule has 0 N–H and O–H groups in total. The van der Waals surface area contributed by atoms with Crippen molar-refractivity contribution in [3.8, 4) is 0 Å². The summed E-state index contributed by atoms with van der Waals surface area (Å²) in [6, 6.07) is 0. The summed E-state index contributed by atoms with van der Waals surface area (Å²) in [4.78, 5) is 16.6. The van der Waals surface area contributed by atoms with Crippen molar-refractivity contribution >= 4 is 5.91 Å². The Bertz CT molecular complexity index is 746. The van der Waals surface area contributed by atoms with Gasteiger partial charge in [0, 0.05) is 39.1 Å². The SMILES string of the molecule is Cn1c(CN2CCOCC2)nnc1C1CCN(C(=O)Cn2cnnn2)CC1. The van der Waals surface area contributed by atoms with Crippen molar-refractivity contribution < 1.29 is 9.53 Å². The fourth-order valence-electron chi connectivity index (χ4n) is 3.71. The van der Waals surface area contributed by atoms with Gasteiger partial charge in [0.15, 0.2) is 0 Å². The molecule has 2 aliphatic rings. The summed E-state index contributed by atoms with van der Waals surface area (Å²) in [6.45, 7) is 5.85. The van der Waals surface area contributed by atoms with Gasteiger partial charge in [-0.05, 0) is 23.3 Å². The molecule has 2 fully saturated rings. The lowest BCUT2D eigenvalue weighted by molar-refractivity contribution is -0.133. The number of hydrogen-bond acceptors (Lipinski definition) is 8. The van der Waals surface area contributed by atoms with E-state index in [2.05, 4.69) is 35.2 Å². The van der Waals surface area contributed by atoms with Crippen molar-refractivity contribution in [2.45, 2.75) is 31.8 Å². The molecule has 0 radical (unpaired) electrons. The van der Waals surface area contributed by atoms with Crippen molar-refractivity contribution in [3.63, 3.8) is 0 Å². The number of carbonyl (C=O) groups excluding carboxylic acids is 1. The van der Waals surface area contributed by atoms with Crippen molar-refractivity contribution in [3.05, 3.63) is 18.0 Å². The van der Waals surface area contributed by atoms with Crippen molar-refractivity contribution in [1.29, 1.82) is 0 Å². The van der Waals surface area contributed by atoms with E-state index in [1.165, 1.54) is 11.0 Å². The fraction of sp³-hybridized carbons (Fsp3) is 0.750. The van der Waals surface area contributed by atoms with Gasteiger partial charge in [-0.25, -0.2) is 4.68 Å². The van der Waals surface area contributed by atoms with E-state index in [0.29, 0.717) is 5.92 Å². The highest BCUT2D eigenvalue weighted by Crippen LogP contribution is 2.27. The molecule has 1 amide bonds. The van der Waals surface area contributed by atoms with E-state index in [4.69, 9.17) is 4.74 Å². The second kappa shape index (κ2) is 8.09. The van der Waals surface area contributed by atoms with Crippen LogP contribution in [0.25, 0.3) is 0 Å². The summed E-state index contributed by atoms with van der Waals surface area (Å²) in [5, 5.41) is 19.7. The van der Waals surface area contributed by atoms with Gasteiger partial charge in [-0.3, -0.25) is 9.69 Å². The molecule has 0 aromatic carbocycles. The molecule has 11 heteroatoms. The van der Waals surface area contributed by atoms with E-state index in [1.807, 2.05) is 11.9 Å². The molecule has 2 aromatic rings. The van der Waals surface area contributed by atoms with Gasteiger partial charge in [0.25, 0.3) is 0 Å².